The highest BCUT2D eigenvalue weighted by Crippen LogP contribution is 2.12. The molecular formula is C16H32N2S. The van der Waals surface area contributed by atoms with Gasteiger partial charge >= 0.3 is 0 Å². The van der Waals surface area contributed by atoms with E-state index in [4.69, 9.17) is 0 Å². The van der Waals surface area contributed by atoms with Crippen LogP contribution >= 0.6 is 11.8 Å². The molecule has 112 valence electrons. The van der Waals surface area contributed by atoms with Crippen LogP contribution in [0.3, 0.4) is 0 Å². The van der Waals surface area contributed by atoms with Gasteiger partial charge in [0.15, 0.2) is 0 Å². The molecule has 3 heteroatoms. The van der Waals surface area contributed by atoms with Crippen molar-refractivity contribution in [3.63, 3.8) is 0 Å². The molecule has 0 amide bonds. The van der Waals surface area contributed by atoms with Gasteiger partial charge in [0.25, 0.3) is 0 Å². The topological polar surface area (TPSA) is 6.48 Å². The first-order valence-electron chi connectivity index (χ1n) is 8.47. The van der Waals surface area contributed by atoms with Crippen molar-refractivity contribution in [3.05, 3.63) is 0 Å². The Morgan fingerprint density at radius 3 is 1.42 bits per heavy atom. The summed E-state index contributed by atoms with van der Waals surface area (Å²) in [6, 6.07) is 0. The third kappa shape index (κ3) is 7.01. The summed E-state index contributed by atoms with van der Waals surface area (Å²) < 4.78 is 0. The summed E-state index contributed by atoms with van der Waals surface area (Å²) in [6.07, 6.45) is 11.4. The van der Waals surface area contributed by atoms with Gasteiger partial charge in [-0.2, -0.15) is 11.8 Å². The fourth-order valence-electron chi connectivity index (χ4n) is 3.25. The predicted molar refractivity (Wildman–Crippen MR) is 87.1 cm³/mol. The zero-order valence-electron chi connectivity index (χ0n) is 12.6. The average Bonchev–Trinajstić information content (AvgIpc) is 2.48. The van der Waals surface area contributed by atoms with Crippen LogP contribution in [0.25, 0.3) is 0 Å². The molecule has 0 aromatic carbocycles. The summed E-state index contributed by atoms with van der Waals surface area (Å²) in [6.45, 7) is 8.14. The molecule has 2 fully saturated rings. The highest BCUT2D eigenvalue weighted by atomic mass is 32.2. The van der Waals surface area contributed by atoms with E-state index in [1.54, 1.807) is 0 Å². The van der Waals surface area contributed by atoms with E-state index in [2.05, 4.69) is 21.6 Å². The molecule has 0 aromatic heterocycles. The summed E-state index contributed by atoms with van der Waals surface area (Å²) in [7, 11) is 0. The summed E-state index contributed by atoms with van der Waals surface area (Å²) in [5.41, 5.74) is 0. The van der Waals surface area contributed by atoms with Gasteiger partial charge in [-0.15, -0.1) is 0 Å². The number of hydrogen-bond acceptors (Lipinski definition) is 3. The second kappa shape index (κ2) is 10.1. The van der Waals surface area contributed by atoms with Gasteiger partial charge < -0.3 is 9.80 Å². The van der Waals surface area contributed by atoms with Crippen molar-refractivity contribution < 1.29 is 0 Å². The third-order valence-corrected chi connectivity index (χ3v) is 5.58. The molecule has 19 heavy (non-hydrogen) atoms. The molecule has 2 nitrogen and oxygen atoms in total. The van der Waals surface area contributed by atoms with E-state index in [0.717, 1.165) is 0 Å². The van der Waals surface area contributed by atoms with Gasteiger partial charge in [-0.3, -0.25) is 0 Å². The summed E-state index contributed by atoms with van der Waals surface area (Å²) in [5, 5.41) is 0. The standard InChI is InChI=1S/C16H32N2S/c1-3-9-17(10-4-1)13-7-15-19-16-8-14-18-11-5-2-6-12-18/h1-16H2. The molecule has 0 radical (unpaired) electrons. The van der Waals surface area contributed by atoms with Gasteiger partial charge in [-0.05, 0) is 89.3 Å². The molecule has 0 unspecified atom stereocenters. The molecule has 0 saturated carbocycles. The van der Waals surface area contributed by atoms with Crippen LogP contribution in [0.4, 0.5) is 0 Å². The van der Waals surface area contributed by atoms with Crippen LogP contribution in [0.15, 0.2) is 0 Å². The van der Waals surface area contributed by atoms with Crippen molar-refractivity contribution in [1.82, 2.24) is 9.80 Å². The lowest BCUT2D eigenvalue weighted by Crippen LogP contribution is -2.31. The Hall–Kier alpha value is 0.270. The first kappa shape index (κ1) is 15.7. The number of hydrogen-bond donors (Lipinski definition) is 0. The zero-order chi connectivity index (χ0) is 13.2. The van der Waals surface area contributed by atoms with Gasteiger partial charge in [0, 0.05) is 0 Å². The summed E-state index contributed by atoms with van der Waals surface area (Å²) in [5.74, 6) is 2.74. The highest BCUT2D eigenvalue weighted by molar-refractivity contribution is 7.99. The maximum Gasteiger partial charge on any atom is -0.00109 e. The van der Waals surface area contributed by atoms with Crippen molar-refractivity contribution in [2.75, 3.05) is 50.8 Å². The minimum absolute atomic E-state index is 1.35. The third-order valence-electron chi connectivity index (χ3n) is 4.42. The van der Waals surface area contributed by atoms with E-state index in [9.17, 15) is 0 Å². The van der Waals surface area contributed by atoms with Gasteiger partial charge in [0.1, 0.15) is 0 Å². The quantitative estimate of drug-likeness (QED) is 0.630. The maximum absolute atomic E-state index is 2.66. The van der Waals surface area contributed by atoms with Crippen molar-refractivity contribution in [1.29, 1.82) is 0 Å². The molecule has 2 rings (SSSR count). The monoisotopic (exact) mass is 284 g/mol. The van der Waals surface area contributed by atoms with Crippen molar-refractivity contribution in [2.24, 2.45) is 0 Å². The van der Waals surface area contributed by atoms with Crippen molar-refractivity contribution in [2.45, 2.75) is 51.4 Å². The van der Waals surface area contributed by atoms with Gasteiger partial charge in [-0.25, -0.2) is 0 Å². The molecule has 0 N–H and O–H groups in total. The Balaban J connectivity index is 1.35. The Morgan fingerprint density at radius 1 is 0.579 bits per heavy atom. The molecule has 2 saturated heterocycles. The van der Waals surface area contributed by atoms with E-state index in [1.165, 1.54) is 102 Å². The molecule has 0 aromatic rings. The minimum atomic E-state index is 1.35. The molecular weight excluding hydrogens is 252 g/mol. The molecule has 2 heterocycles. The lowest BCUT2D eigenvalue weighted by molar-refractivity contribution is 0.229. The van der Waals surface area contributed by atoms with Crippen LogP contribution in [0.2, 0.25) is 0 Å². The van der Waals surface area contributed by atoms with E-state index in [1.807, 2.05) is 0 Å². The van der Waals surface area contributed by atoms with Crippen LogP contribution < -0.4 is 0 Å². The lowest BCUT2D eigenvalue weighted by atomic mass is 10.1. The van der Waals surface area contributed by atoms with E-state index < -0.39 is 0 Å². The van der Waals surface area contributed by atoms with Crippen LogP contribution in [0, 0.1) is 0 Å². The number of likely N-dealkylation sites (tertiary alicyclic amines) is 2. The van der Waals surface area contributed by atoms with Crippen LogP contribution in [0.1, 0.15) is 51.4 Å². The fraction of sp³-hybridized carbons (Fsp3) is 1.00. The second-order valence-electron chi connectivity index (χ2n) is 6.12. The SMILES string of the molecule is C1CCN(CCCSCCCN2CCCCC2)CC1. The zero-order valence-corrected chi connectivity index (χ0v) is 13.4. The molecule has 0 bridgehead atoms. The summed E-state index contributed by atoms with van der Waals surface area (Å²) in [4.78, 5) is 5.33. The Bertz CT molecular complexity index is 189. The van der Waals surface area contributed by atoms with E-state index >= 15 is 0 Å². The highest BCUT2D eigenvalue weighted by Gasteiger charge is 2.10. The molecule has 0 aliphatic carbocycles. The smallest absolute Gasteiger partial charge is 0.00109 e. The largest absolute Gasteiger partial charge is 0.303 e. The minimum Gasteiger partial charge on any atom is -0.303 e. The molecule has 2 aliphatic heterocycles. The van der Waals surface area contributed by atoms with Gasteiger partial charge in [-0.1, -0.05) is 12.8 Å². The van der Waals surface area contributed by atoms with E-state index in [0.29, 0.717) is 0 Å². The number of rotatable bonds is 8. The number of piperidine rings is 2. The Morgan fingerprint density at radius 2 is 1.00 bits per heavy atom. The van der Waals surface area contributed by atoms with Crippen molar-refractivity contribution in [3.8, 4) is 0 Å². The van der Waals surface area contributed by atoms with Gasteiger partial charge in [0.2, 0.25) is 0 Å². The molecule has 2 aliphatic rings. The van der Waals surface area contributed by atoms with Gasteiger partial charge in [0.05, 0.1) is 0 Å². The Labute approximate surface area is 124 Å². The first-order chi connectivity index (χ1) is 9.45. The predicted octanol–water partition coefficient (Wildman–Crippen LogP) is 3.47. The van der Waals surface area contributed by atoms with Crippen LogP contribution in [-0.2, 0) is 0 Å². The molecule has 0 atom stereocenters. The fourth-order valence-corrected chi connectivity index (χ4v) is 4.12. The van der Waals surface area contributed by atoms with Crippen LogP contribution in [-0.4, -0.2) is 60.6 Å². The summed E-state index contributed by atoms with van der Waals surface area (Å²) >= 11 is 2.18. The first-order valence-corrected chi connectivity index (χ1v) is 9.63. The molecule has 0 spiro atoms. The Kier molecular flexibility index (Phi) is 8.29. The number of nitrogens with zero attached hydrogens (tertiary/aromatic N) is 2. The van der Waals surface area contributed by atoms with Crippen LogP contribution in [0.5, 0.6) is 0 Å². The maximum atomic E-state index is 2.66. The average molecular weight is 285 g/mol. The lowest BCUT2D eigenvalue weighted by Gasteiger charge is -2.26. The van der Waals surface area contributed by atoms with Crippen molar-refractivity contribution >= 4 is 11.8 Å². The number of thioether (sulfide) groups is 1. The normalized spacial score (nSPS) is 22.7. The van der Waals surface area contributed by atoms with E-state index in [-0.39, 0.29) is 0 Å². The second-order valence-corrected chi connectivity index (χ2v) is 7.35.